The third-order valence-electron chi connectivity index (χ3n) is 10.8. The highest BCUT2D eigenvalue weighted by Crippen LogP contribution is 2.49. The molecule has 246 valence electrons. The van der Waals surface area contributed by atoms with Crippen LogP contribution in [0.1, 0.15) is 25.0 Å². The van der Waals surface area contributed by atoms with Gasteiger partial charge >= 0.3 is 0 Å². The molecule has 2 aromatic heterocycles. The van der Waals surface area contributed by atoms with Gasteiger partial charge in [0.15, 0.2) is 5.82 Å². The molecule has 0 atom stereocenters. The molecule has 52 heavy (non-hydrogen) atoms. The van der Waals surface area contributed by atoms with E-state index < -0.39 is 0 Å². The number of hydrogen-bond donors (Lipinski definition) is 0. The number of nitrogens with zero attached hydrogens (tertiary/aromatic N) is 3. The fraction of sp³-hybridized carbons (Fsp3) is 0.0612. The lowest BCUT2D eigenvalue weighted by Gasteiger charge is -2.22. The lowest BCUT2D eigenvalue weighted by molar-refractivity contribution is 0.660. The van der Waals surface area contributed by atoms with Crippen LogP contribution in [-0.4, -0.2) is 14.5 Å². The minimum Gasteiger partial charge on any atom is -0.309 e. The zero-order valence-electron chi connectivity index (χ0n) is 29.1. The van der Waals surface area contributed by atoms with E-state index in [9.17, 15) is 0 Å². The first-order valence-corrected chi connectivity index (χ1v) is 17.9. The minimum atomic E-state index is -0.0879. The molecule has 0 saturated heterocycles. The Hall–Kier alpha value is -6.58. The van der Waals surface area contributed by atoms with Crippen LogP contribution in [0.5, 0.6) is 0 Å². The lowest BCUT2D eigenvalue weighted by atomic mass is 9.82. The Balaban J connectivity index is 1.06. The molecule has 0 fully saturated rings. The summed E-state index contributed by atoms with van der Waals surface area (Å²) in [5, 5.41) is 2.49. The average Bonchev–Trinajstić information content (AvgIpc) is 3.66. The van der Waals surface area contributed by atoms with Crippen molar-refractivity contribution >= 4 is 21.8 Å². The van der Waals surface area contributed by atoms with Crippen LogP contribution in [0, 0.1) is 0 Å². The van der Waals surface area contributed by atoms with E-state index in [4.69, 9.17) is 9.97 Å². The Bertz CT molecular complexity index is 2790. The molecule has 10 rings (SSSR count). The van der Waals surface area contributed by atoms with E-state index in [1.54, 1.807) is 0 Å². The smallest absolute Gasteiger partial charge is 0.160 e. The van der Waals surface area contributed by atoms with Gasteiger partial charge in [0, 0.05) is 38.6 Å². The van der Waals surface area contributed by atoms with Gasteiger partial charge in [-0.1, -0.05) is 147 Å². The fourth-order valence-corrected chi connectivity index (χ4v) is 8.16. The van der Waals surface area contributed by atoms with Crippen LogP contribution in [0.15, 0.2) is 176 Å². The molecule has 9 aromatic rings. The van der Waals surface area contributed by atoms with Crippen LogP contribution in [0.3, 0.4) is 0 Å². The molecule has 0 spiro atoms. The number of fused-ring (bicyclic) bond motifs is 6. The predicted octanol–water partition coefficient (Wildman–Crippen LogP) is 12.5. The molecule has 0 saturated carbocycles. The molecule has 0 unspecified atom stereocenters. The quantitative estimate of drug-likeness (QED) is 0.183. The lowest BCUT2D eigenvalue weighted by Crippen LogP contribution is -2.14. The van der Waals surface area contributed by atoms with Gasteiger partial charge in [-0.05, 0) is 75.8 Å². The summed E-state index contributed by atoms with van der Waals surface area (Å²) in [6, 6.07) is 62.9. The molecule has 0 N–H and O–H groups in total. The van der Waals surface area contributed by atoms with Gasteiger partial charge in [0.25, 0.3) is 0 Å². The maximum Gasteiger partial charge on any atom is 0.160 e. The van der Waals surface area contributed by atoms with Gasteiger partial charge < -0.3 is 4.57 Å². The first-order chi connectivity index (χ1) is 25.5. The minimum absolute atomic E-state index is 0.0879. The van der Waals surface area contributed by atoms with Crippen LogP contribution in [0.4, 0.5) is 0 Å². The molecular weight excluding hydrogens is 631 g/mol. The van der Waals surface area contributed by atoms with Crippen molar-refractivity contribution in [2.75, 3.05) is 0 Å². The molecule has 3 heteroatoms. The van der Waals surface area contributed by atoms with Crippen LogP contribution >= 0.6 is 0 Å². The van der Waals surface area contributed by atoms with Crippen molar-refractivity contribution in [3.05, 3.63) is 187 Å². The predicted molar refractivity (Wildman–Crippen MR) is 216 cm³/mol. The van der Waals surface area contributed by atoms with Crippen molar-refractivity contribution in [1.29, 1.82) is 0 Å². The number of rotatable bonds is 5. The van der Waals surface area contributed by atoms with E-state index in [-0.39, 0.29) is 5.41 Å². The molecule has 2 heterocycles. The molecule has 0 radical (unpaired) electrons. The molecule has 3 nitrogen and oxygen atoms in total. The summed E-state index contributed by atoms with van der Waals surface area (Å²) in [6.07, 6.45) is 0. The van der Waals surface area contributed by atoms with Crippen molar-refractivity contribution in [1.82, 2.24) is 14.5 Å². The summed E-state index contributed by atoms with van der Waals surface area (Å²) >= 11 is 0. The van der Waals surface area contributed by atoms with Crippen molar-refractivity contribution < 1.29 is 0 Å². The standard InChI is InChI=1S/C49H35N3/c1-49(2)42-19-11-9-17-38(42)39-27-25-36(30-43(39)49)45-31-44(33-13-5-3-6-14-33)50-48(51-45)34-23-21-32(22-24-34)35-26-28-47-41(29-35)40-18-10-12-20-46(40)52(47)37-15-7-4-8-16-37/h3-31H,1-2H3. The number of hydrogen-bond acceptors (Lipinski definition) is 2. The molecule has 0 bridgehead atoms. The third kappa shape index (κ3) is 4.81. The van der Waals surface area contributed by atoms with Gasteiger partial charge in [0.1, 0.15) is 0 Å². The first kappa shape index (κ1) is 30.3. The van der Waals surface area contributed by atoms with E-state index in [0.717, 1.165) is 39.3 Å². The largest absolute Gasteiger partial charge is 0.309 e. The third-order valence-corrected chi connectivity index (χ3v) is 10.8. The van der Waals surface area contributed by atoms with Crippen LogP contribution < -0.4 is 0 Å². The Morgan fingerprint density at radius 1 is 0.404 bits per heavy atom. The fourth-order valence-electron chi connectivity index (χ4n) is 8.16. The summed E-state index contributed by atoms with van der Waals surface area (Å²) in [4.78, 5) is 10.3. The SMILES string of the molecule is CC1(C)c2ccccc2-c2ccc(-c3cc(-c4ccccc4)nc(-c4ccc(-c5ccc6c(c5)c5ccccc5n6-c5ccccc5)cc4)n3)cc21. The summed E-state index contributed by atoms with van der Waals surface area (Å²) in [5.74, 6) is 0.715. The maximum atomic E-state index is 5.22. The molecule has 1 aliphatic carbocycles. The Kier molecular flexibility index (Phi) is 6.84. The van der Waals surface area contributed by atoms with Crippen molar-refractivity contribution in [2.45, 2.75) is 19.3 Å². The number of para-hydroxylation sites is 2. The summed E-state index contributed by atoms with van der Waals surface area (Å²) in [7, 11) is 0. The molecule has 0 aliphatic heterocycles. The second-order valence-corrected chi connectivity index (χ2v) is 14.3. The van der Waals surface area contributed by atoms with E-state index in [0.29, 0.717) is 5.82 Å². The molecular formula is C49H35N3. The van der Waals surface area contributed by atoms with Gasteiger partial charge in [-0.25, -0.2) is 9.97 Å². The monoisotopic (exact) mass is 665 g/mol. The van der Waals surface area contributed by atoms with Crippen molar-refractivity contribution in [2.24, 2.45) is 0 Å². The van der Waals surface area contributed by atoms with Crippen LogP contribution in [0.2, 0.25) is 0 Å². The summed E-state index contributed by atoms with van der Waals surface area (Å²) in [6.45, 7) is 4.64. The zero-order chi connectivity index (χ0) is 34.8. The zero-order valence-corrected chi connectivity index (χ0v) is 29.1. The highest BCUT2D eigenvalue weighted by atomic mass is 15.0. The number of aromatic nitrogens is 3. The molecule has 0 amide bonds. The Morgan fingerprint density at radius 2 is 1.00 bits per heavy atom. The van der Waals surface area contributed by atoms with Crippen molar-refractivity contribution in [3.8, 4) is 61.8 Å². The van der Waals surface area contributed by atoms with E-state index >= 15 is 0 Å². The Labute approximate surface area is 303 Å². The maximum absolute atomic E-state index is 5.22. The van der Waals surface area contributed by atoms with E-state index in [1.807, 2.05) is 6.07 Å². The van der Waals surface area contributed by atoms with Crippen LogP contribution in [-0.2, 0) is 5.41 Å². The highest BCUT2D eigenvalue weighted by molar-refractivity contribution is 6.10. The highest BCUT2D eigenvalue weighted by Gasteiger charge is 2.35. The second-order valence-electron chi connectivity index (χ2n) is 14.3. The van der Waals surface area contributed by atoms with E-state index in [1.165, 1.54) is 49.6 Å². The van der Waals surface area contributed by atoms with E-state index in [2.05, 4.69) is 188 Å². The molecule has 1 aliphatic rings. The first-order valence-electron chi connectivity index (χ1n) is 17.9. The second kappa shape index (κ2) is 11.8. The number of benzene rings is 7. The molecule has 7 aromatic carbocycles. The summed E-state index contributed by atoms with van der Waals surface area (Å²) < 4.78 is 2.35. The normalized spacial score (nSPS) is 13.0. The van der Waals surface area contributed by atoms with Gasteiger partial charge in [0.05, 0.1) is 22.4 Å². The summed E-state index contributed by atoms with van der Waals surface area (Å²) in [5.41, 5.74) is 16.1. The topological polar surface area (TPSA) is 30.7 Å². The van der Waals surface area contributed by atoms with Gasteiger partial charge in [0.2, 0.25) is 0 Å². The van der Waals surface area contributed by atoms with Gasteiger partial charge in [-0.2, -0.15) is 0 Å². The van der Waals surface area contributed by atoms with Gasteiger partial charge in [-0.3, -0.25) is 0 Å². The van der Waals surface area contributed by atoms with Crippen LogP contribution in [0.25, 0.3) is 83.6 Å². The van der Waals surface area contributed by atoms with Crippen molar-refractivity contribution in [3.63, 3.8) is 0 Å². The van der Waals surface area contributed by atoms with Gasteiger partial charge in [-0.15, -0.1) is 0 Å². The average molecular weight is 666 g/mol. The Morgan fingerprint density at radius 3 is 1.81 bits per heavy atom.